The fourth-order valence-electron chi connectivity index (χ4n) is 2.71. The topological polar surface area (TPSA) is 34.1 Å². The van der Waals surface area contributed by atoms with E-state index in [2.05, 4.69) is 13.8 Å². The Labute approximate surface area is 110 Å². The minimum absolute atomic E-state index is 0.834. The Morgan fingerprint density at radius 3 is 1.56 bits per heavy atom. The van der Waals surface area contributed by atoms with E-state index in [9.17, 15) is 9.59 Å². The quantitative estimate of drug-likeness (QED) is 0.522. The van der Waals surface area contributed by atoms with E-state index in [1.807, 2.05) is 0 Å². The molecule has 0 amide bonds. The maximum Gasteiger partial charge on any atom is 0.146 e. The Bertz CT molecular complexity index is 325. The first-order valence-electron chi connectivity index (χ1n) is 7.13. The highest BCUT2D eigenvalue weighted by Gasteiger charge is 2.18. The molecule has 100 valence electrons. The lowest BCUT2D eigenvalue weighted by atomic mass is 9.82. The van der Waals surface area contributed by atoms with Gasteiger partial charge in [0, 0.05) is 0 Å². The Morgan fingerprint density at radius 2 is 1.28 bits per heavy atom. The van der Waals surface area contributed by atoms with E-state index in [0.29, 0.717) is 0 Å². The number of carbonyl (C=O) groups is 2. The number of hydrogen-bond acceptors (Lipinski definition) is 2. The van der Waals surface area contributed by atoms with Gasteiger partial charge in [-0.1, -0.05) is 26.7 Å². The highest BCUT2D eigenvalue weighted by atomic mass is 16.1. The van der Waals surface area contributed by atoms with Crippen LogP contribution in [-0.4, -0.2) is 12.6 Å². The molecule has 0 aromatic rings. The first kappa shape index (κ1) is 14.9. The van der Waals surface area contributed by atoms with Crippen LogP contribution in [0.2, 0.25) is 0 Å². The van der Waals surface area contributed by atoms with Crippen molar-refractivity contribution in [1.82, 2.24) is 0 Å². The van der Waals surface area contributed by atoms with Gasteiger partial charge in [0.1, 0.15) is 12.6 Å². The fourth-order valence-corrected chi connectivity index (χ4v) is 2.71. The van der Waals surface area contributed by atoms with Gasteiger partial charge in [-0.25, -0.2) is 0 Å². The van der Waals surface area contributed by atoms with Crippen molar-refractivity contribution in [2.45, 2.75) is 65.2 Å². The normalized spacial score (nSPS) is 21.4. The lowest BCUT2D eigenvalue weighted by molar-refractivity contribution is -0.106. The van der Waals surface area contributed by atoms with Gasteiger partial charge in [0.05, 0.1) is 0 Å². The summed E-state index contributed by atoms with van der Waals surface area (Å²) in [6.45, 7) is 4.17. The van der Waals surface area contributed by atoms with E-state index in [0.717, 1.165) is 75.1 Å². The molecule has 1 aliphatic rings. The first-order valence-corrected chi connectivity index (χ1v) is 7.13. The Kier molecular flexibility index (Phi) is 6.63. The number of hydrogen-bond donors (Lipinski definition) is 0. The van der Waals surface area contributed by atoms with Crippen LogP contribution in [0, 0.1) is 0 Å². The molecule has 1 aliphatic carbocycles. The minimum atomic E-state index is 0.834. The van der Waals surface area contributed by atoms with Crippen molar-refractivity contribution in [2.75, 3.05) is 0 Å². The summed E-state index contributed by atoms with van der Waals surface area (Å²) in [5.41, 5.74) is 4.19. The number of aldehydes is 2. The first-order chi connectivity index (χ1) is 8.78. The van der Waals surface area contributed by atoms with Crippen LogP contribution < -0.4 is 0 Å². The lowest BCUT2D eigenvalue weighted by Gasteiger charge is -2.22. The molecule has 0 saturated heterocycles. The Morgan fingerprint density at radius 1 is 0.889 bits per heavy atom. The molecule has 0 atom stereocenters. The van der Waals surface area contributed by atoms with Gasteiger partial charge in [0.15, 0.2) is 0 Å². The predicted octanol–water partition coefficient (Wildman–Crippen LogP) is 4.15. The molecular formula is C16H24O2. The molecule has 0 aromatic carbocycles. The molecular weight excluding hydrogens is 224 g/mol. The van der Waals surface area contributed by atoms with Crippen LogP contribution in [0.3, 0.4) is 0 Å². The van der Waals surface area contributed by atoms with Gasteiger partial charge in [-0.2, -0.15) is 0 Å². The minimum Gasteiger partial charge on any atom is -0.298 e. The zero-order valence-corrected chi connectivity index (χ0v) is 11.6. The molecule has 2 nitrogen and oxygen atoms in total. The van der Waals surface area contributed by atoms with Crippen LogP contribution in [0.25, 0.3) is 0 Å². The summed E-state index contributed by atoms with van der Waals surface area (Å²) in [5.74, 6) is 0. The highest BCUT2D eigenvalue weighted by Crippen LogP contribution is 2.34. The fraction of sp³-hybridized carbons (Fsp3) is 0.625. The smallest absolute Gasteiger partial charge is 0.146 e. The SMILES string of the molecule is CCC/C(C=O)=C1\CCCC\C1=C(\C=O)CCC. The van der Waals surface area contributed by atoms with Crippen molar-refractivity contribution in [2.24, 2.45) is 0 Å². The molecule has 1 fully saturated rings. The van der Waals surface area contributed by atoms with Crippen LogP contribution in [0.4, 0.5) is 0 Å². The summed E-state index contributed by atoms with van der Waals surface area (Å²) in [6, 6.07) is 0. The molecule has 1 rings (SSSR count). The predicted molar refractivity (Wildman–Crippen MR) is 74.5 cm³/mol. The third-order valence-electron chi connectivity index (χ3n) is 3.57. The van der Waals surface area contributed by atoms with Gasteiger partial charge < -0.3 is 0 Å². The van der Waals surface area contributed by atoms with Gasteiger partial charge in [-0.3, -0.25) is 9.59 Å². The third-order valence-corrected chi connectivity index (χ3v) is 3.57. The van der Waals surface area contributed by atoms with Crippen molar-refractivity contribution >= 4 is 12.6 Å². The molecule has 2 heteroatoms. The van der Waals surface area contributed by atoms with E-state index in [1.165, 1.54) is 11.1 Å². The molecule has 0 aliphatic heterocycles. The Balaban J connectivity index is 3.19. The summed E-state index contributed by atoms with van der Waals surface area (Å²) in [5, 5.41) is 0. The van der Waals surface area contributed by atoms with Gasteiger partial charge in [-0.05, 0) is 60.8 Å². The van der Waals surface area contributed by atoms with Crippen LogP contribution in [0.15, 0.2) is 22.3 Å². The number of allylic oxidation sites excluding steroid dienone is 4. The molecule has 1 saturated carbocycles. The second-order valence-electron chi connectivity index (χ2n) is 4.95. The van der Waals surface area contributed by atoms with Crippen LogP contribution >= 0.6 is 0 Å². The molecule has 0 N–H and O–H groups in total. The van der Waals surface area contributed by atoms with Crippen LogP contribution in [-0.2, 0) is 9.59 Å². The lowest BCUT2D eigenvalue weighted by Crippen LogP contribution is -2.07. The zero-order valence-electron chi connectivity index (χ0n) is 11.6. The molecule has 0 aromatic heterocycles. The third kappa shape index (κ3) is 3.66. The number of rotatable bonds is 6. The van der Waals surface area contributed by atoms with Crippen molar-refractivity contribution in [3.8, 4) is 0 Å². The monoisotopic (exact) mass is 248 g/mol. The second-order valence-corrected chi connectivity index (χ2v) is 4.95. The van der Waals surface area contributed by atoms with Crippen LogP contribution in [0.1, 0.15) is 65.2 Å². The molecule has 0 spiro atoms. The van der Waals surface area contributed by atoms with Crippen molar-refractivity contribution in [3.05, 3.63) is 22.3 Å². The van der Waals surface area contributed by atoms with Gasteiger partial charge in [-0.15, -0.1) is 0 Å². The molecule has 0 bridgehead atoms. The van der Waals surface area contributed by atoms with Crippen molar-refractivity contribution in [1.29, 1.82) is 0 Å². The summed E-state index contributed by atoms with van der Waals surface area (Å²) in [6.07, 6.45) is 9.83. The van der Waals surface area contributed by atoms with Crippen LogP contribution in [0.5, 0.6) is 0 Å². The van der Waals surface area contributed by atoms with Gasteiger partial charge >= 0.3 is 0 Å². The standard InChI is InChI=1S/C16H24O2/c1-3-7-13(11-17)15-9-5-6-10-16(15)14(12-18)8-4-2/h11-12H,3-10H2,1-2H3/b15-13-,16-14-. The van der Waals surface area contributed by atoms with E-state index >= 15 is 0 Å². The maximum absolute atomic E-state index is 11.2. The summed E-state index contributed by atoms with van der Waals surface area (Å²) in [4.78, 5) is 22.5. The van der Waals surface area contributed by atoms with E-state index in [-0.39, 0.29) is 0 Å². The molecule has 0 heterocycles. The van der Waals surface area contributed by atoms with E-state index in [4.69, 9.17) is 0 Å². The summed E-state index contributed by atoms with van der Waals surface area (Å²) in [7, 11) is 0. The largest absolute Gasteiger partial charge is 0.298 e. The van der Waals surface area contributed by atoms with Gasteiger partial charge in [0.25, 0.3) is 0 Å². The average Bonchev–Trinajstić information content (AvgIpc) is 2.42. The molecule has 0 radical (unpaired) electrons. The van der Waals surface area contributed by atoms with E-state index < -0.39 is 0 Å². The summed E-state index contributed by atoms with van der Waals surface area (Å²) < 4.78 is 0. The van der Waals surface area contributed by atoms with Crippen molar-refractivity contribution < 1.29 is 9.59 Å². The maximum atomic E-state index is 11.2. The summed E-state index contributed by atoms with van der Waals surface area (Å²) >= 11 is 0. The number of carbonyl (C=O) groups excluding carboxylic acids is 2. The van der Waals surface area contributed by atoms with E-state index in [1.54, 1.807) is 0 Å². The van der Waals surface area contributed by atoms with Gasteiger partial charge in [0.2, 0.25) is 0 Å². The van der Waals surface area contributed by atoms with Crippen molar-refractivity contribution in [3.63, 3.8) is 0 Å². The highest BCUT2D eigenvalue weighted by molar-refractivity contribution is 5.81. The molecule has 0 unspecified atom stereocenters. The zero-order chi connectivity index (χ0) is 13.4. The molecule has 18 heavy (non-hydrogen) atoms. The Hall–Kier alpha value is -1.18. The average molecular weight is 248 g/mol. The second kappa shape index (κ2) is 8.02.